The van der Waals surface area contributed by atoms with Crippen LogP contribution < -0.4 is 4.90 Å². The van der Waals surface area contributed by atoms with E-state index in [2.05, 4.69) is 4.99 Å². The molecule has 0 N–H and O–H groups in total. The van der Waals surface area contributed by atoms with Gasteiger partial charge in [0, 0.05) is 7.05 Å². The molecular formula is C10H8N2O. The molecule has 3 nitrogen and oxygen atoms in total. The van der Waals surface area contributed by atoms with Gasteiger partial charge in [-0.3, -0.25) is 4.99 Å². The van der Waals surface area contributed by atoms with Crippen molar-refractivity contribution in [1.82, 2.24) is 0 Å². The summed E-state index contributed by atoms with van der Waals surface area (Å²) in [6.45, 7) is 0. The summed E-state index contributed by atoms with van der Waals surface area (Å²) in [5, 5.41) is 0. The normalized spacial score (nSPS) is 13.9. The first-order valence-electron chi connectivity index (χ1n) is 3.95. The molecule has 13 heavy (non-hydrogen) atoms. The average Bonchev–Trinajstić information content (AvgIpc) is 2.19. The molecule has 0 spiro atoms. The van der Waals surface area contributed by atoms with Gasteiger partial charge in [-0.15, -0.1) is 0 Å². The maximum Gasteiger partial charge on any atom is 0.152 e. The van der Waals surface area contributed by atoms with Gasteiger partial charge in [-0.05, 0) is 12.1 Å². The number of para-hydroxylation sites is 2. The number of allylic oxidation sites excluding steroid dienone is 1. The molecular weight excluding hydrogens is 164 g/mol. The number of carbonyl (C=O) groups excluding carboxylic acids is 1. The van der Waals surface area contributed by atoms with E-state index < -0.39 is 0 Å². The Morgan fingerprint density at radius 3 is 2.92 bits per heavy atom. The van der Waals surface area contributed by atoms with Crippen LogP contribution in [-0.2, 0) is 4.79 Å². The molecule has 0 fully saturated rings. The van der Waals surface area contributed by atoms with Gasteiger partial charge in [-0.2, -0.15) is 0 Å². The Balaban J connectivity index is 2.61. The van der Waals surface area contributed by atoms with Crippen molar-refractivity contribution >= 4 is 23.5 Å². The molecule has 1 aliphatic heterocycles. The monoisotopic (exact) mass is 172 g/mol. The molecule has 1 aromatic carbocycles. The molecule has 0 radical (unpaired) electrons. The predicted octanol–water partition coefficient (Wildman–Crippen LogP) is 1.55. The minimum absolute atomic E-state index is 0.457. The van der Waals surface area contributed by atoms with Crippen LogP contribution in [0.5, 0.6) is 0 Å². The summed E-state index contributed by atoms with van der Waals surface area (Å²) in [6, 6.07) is 7.66. The van der Waals surface area contributed by atoms with E-state index in [9.17, 15) is 4.79 Å². The molecule has 0 saturated carbocycles. The molecule has 0 amide bonds. The number of fused-ring (bicyclic) bond motifs is 1. The van der Waals surface area contributed by atoms with E-state index in [1.807, 2.05) is 37.3 Å². The first-order valence-corrected chi connectivity index (χ1v) is 3.95. The molecule has 2 rings (SSSR count). The van der Waals surface area contributed by atoms with Gasteiger partial charge in [0.1, 0.15) is 5.70 Å². The number of hydrogen-bond donors (Lipinski definition) is 0. The molecule has 64 valence electrons. The summed E-state index contributed by atoms with van der Waals surface area (Å²) in [7, 11) is 1.82. The zero-order chi connectivity index (χ0) is 9.26. The molecule has 0 bridgehead atoms. The number of aliphatic imine (C=N–C) groups is 1. The number of rotatable bonds is 0. The van der Waals surface area contributed by atoms with Crippen molar-refractivity contribution in [2.24, 2.45) is 4.99 Å². The number of hydrogen-bond acceptors (Lipinski definition) is 3. The summed E-state index contributed by atoms with van der Waals surface area (Å²) in [6.07, 6.45) is 1.52. The molecule has 1 heterocycles. The van der Waals surface area contributed by atoms with E-state index in [0.29, 0.717) is 5.70 Å². The summed E-state index contributed by atoms with van der Waals surface area (Å²) in [5.41, 5.74) is 2.27. The topological polar surface area (TPSA) is 32.7 Å². The molecule has 3 heteroatoms. The maximum atomic E-state index is 10.5. The zero-order valence-electron chi connectivity index (χ0n) is 7.19. The van der Waals surface area contributed by atoms with Gasteiger partial charge in [0.2, 0.25) is 0 Å². The molecule has 1 aliphatic rings. The van der Waals surface area contributed by atoms with Gasteiger partial charge in [-0.1, -0.05) is 12.1 Å². The van der Waals surface area contributed by atoms with Crippen molar-refractivity contribution in [2.75, 3.05) is 11.9 Å². The lowest BCUT2D eigenvalue weighted by Crippen LogP contribution is -2.20. The van der Waals surface area contributed by atoms with Crippen LogP contribution in [-0.4, -0.2) is 19.2 Å². The van der Waals surface area contributed by atoms with Crippen LogP contribution in [0, 0.1) is 0 Å². The zero-order valence-corrected chi connectivity index (χ0v) is 7.19. The van der Waals surface area contributed by atoms with Crippen molar-refractivity contribution in [3.8, 4) is 0 Å². The van der Waals surface area contributed by atoms with Gasteiger partial charge in [-0.25, -0.2) is 4.79 Å². The second-order valence-corrected chi connectivity index (χ2v) is 2.79. The fourth-order valence-corrected chi connectivity index (χ4v) is 1.30. The highest BCUT2D eigenvalue weighted by Crippen LogP contribution is 2.31. The molecule has 0 unspecified atom stereocenters. The predicted molar refractivity (Wildman–Crippen MR) is 52.2 cm³/mol. The van der Waals surface area contributed by atoms with Crippen LogP contribution >= 0.6 is 0 Å². The van der Waals surface area contributed by atoms with Crippen LogP contribution in [0.2, 0.25) is 0 Å². The quantitative estimate of drug-likeness (QED) is 0.556. The SMILES string of the molecule is CN1C(=C=O)C=Nc2ccccc21. The molecule has 0 aromatic heterocycles. The first kappa shape index (κ1) is 7.77. The van der Waals surface area contributed by atoms with Crippen molar-refractivity contribution in [3.05, 3.63) is 30.0 Å². The Kier molecular flexibility index (Phi) is 1.72. The van der Waals surface area contributed by atoms with Crippen molar-refractivity contribution in [3.63, 3.8) is 0 Å². The summed E-state index contributed by atoms with van der Waals surface area (Å²) < 4.78 is 0. The lowest BCUT2D eigenvalue weighted by Gasteiger charge is -2.22. The van der Waals surface area contributed by atoms with Gasteiger partial charge in [0.15, 0.2) is 5.94 Å². The Morgan fingerprint density at radius 1 is 1.38 bits per heavy atom. The largest absolute Gasteiger partial charge is 0.332 e. The van der Waals surface area contributed by atoms with Crippen molar-refractivity contribution in [1.29, 1.82) is 0 Å². The van der Waals surface area contributed by atoms with Crippen LogP contribution in [0.15, 0.2) is 35.0 Å². The minimum atomic E-state index is 0.457. The minimum Gasteiger partial charge on any atom is -0.332 e. The molecule has 1 aromatic rings. The third kappa shape index (κ3) is 1.15. The standard InChI is InChI=1S/C10H8N2O/c1-12-8(7-13)6-11-9-4-2-3-5-10(9)12/h2-6H,1H3. The highest BCUT2D eigenvalue weighted by atomic mass is 16.1. The Bertz CT molecular complexity index is 417. The average molecular weight is 172 g/mol. The number of benzene rings is 1. The molecule has 0 saturated heterocycles. The Labute approximate surface area is 76.0 Å². The van der Waals surface area contributed by atoms with Crippen LogP contribution in [0.3, 0.4) is 0 Å². The second kappa shape index (κ2) is 2.88. The van der Waals surface area contributed by atoms with Crippen LogP contribution in [0.25, 0.3) is 0 Å². The summed E-state index contributed by atoms with van der Waals surface area (Å²) >= 11 is 0. The number of nitrogens with zero attached hydrogens (tertiary/aromatic N) is 2. The van der Waals surface area contributed by atoms with Gasteiger partial charge in [0.05, 0.1) is 17.6 Å². The van der Waals surface area contributed by atoms with Crippen LogP contribution in [0.4, 0.5) is 11.4 Å². The van der Waals surface area contributed by atoms with Gasteiger partial charge < -0.3 is 4.90 Å². The fraction of sp³-hybridized carbons (Fsp3) is 0.100. The van der Waals surface area contributed by atoms with Crippen molar-refractivity contribution in [2.45, 2.75) is 0 Å². The number of anilines is 1. The van der Waals surface area contributed by atoms with Gasteiger partial charge in [0.25, 0.3) is 0 Å². The van der Waals surface area contributed by atoms with E-state index in [4.69, 9.17) is 0 Å². The second-order valence-electron chi connectivity index (χ2n) is 2.79. The fourth-order valence-electron chi connectivity index (χ4n) is 1.30. The van der Waals surface area contributed by atoms with Gasteiger partial charge >= 0.3 is 0 Å². The lowest BCUT2D eigenvalue weighted by atomic mass is 10.2. The third-order valence-electron chi connectivity index (χ3n) is 2.03. The Morgan fingerprint density at radius 2 is 2.15 bits per heavy atom. The van der Waals surface area contributed by atoms with Crippen molar-refractivity contribution < 1.29 is 4.79 Å². The maximum absolute atomic E-state index is 10.5. The highest BCUT2D eigenvalue weighted by Gasteiger charge is 2.13. The summed E-state index contributed by atoms with van der Waals surface area (Å²) in [4.78, 5) is 16.4. The summed E-state index contributed by atoms with van der Waals surface area (Å²) in [5.74, 6) is 1.84. The lowest BCUT2D eigenvalue weighted by molar-refractivity contribution is 0.567. The molecule has 0 atom stereocenters. The smallest absolute Gasteiger partial charge is 0.152 e. The molecule has 0 aliphatic carbocycles. The van der Waals surface area contributed by atoms with E-state index in [0.717, 1.165) is 11.4 Å². The van der Waals surface area contributed by atoms with E-state index in [1.165, 1.54) is 6.21 Å². The van der Waals surface area contributed by atoms with E-state index in [-0.39, 0.29) is 0 Å². The highest BCUT2D eigenvalue weighted by molar-refractivity contribution is 5.99. The third-order valence-corrected chi connectivity index (χ3v) is 2.03. The van der Waals surface area contributed by atoms with E-state index in [1.54, 1.807) is 4.90 Å². The van der Waals surface area contributed by atoms with E-state index >= 15 is 0 Å². The Hall–Kier alpha value is -1.86. The van der Waals surface area contributed by atoms with Crippen LogP contribution in [0.1, 0.15) is 0 Å². The first-order chi connectivity index (χ1) is 6.33.